The van der Waals surface area contributed by atoms with E-state index in [9.17, 15) is 8.42 Å². The molecule has 0 radical (unpaired) electrons. The van der Waals surface area contributed by atoms with Crippen LogP contribution < -0.4 is 5.32 Å². The molecule has 0 aliphatic carbocycles. The van der Waals surface area contributed by atoms with Crippen molar-refractivity contribution in [2.75, 3.05) is 71.7 Å². The first-order valence-electron chi connectivity index (χ1n) is 8.91. The van der Waals surface area contributed by atoms with Crippen LogP contribution in [0.1, 0.15) is 20.8 Å². The molecule has 2 heterocycles. The summed E-state index contributed by atoms with van der Waals surface area (Å²) < 4.78 is 23.5. The van der Waals surface area contributed by atoms with E-state index in [0.717, 1.165) is 51.8 Å². The zero-order valence-electron chi connectivity index (χ0n) is 15.6. The number of guanidine groups is 1. The average Bonchev–Trinajstić information content (AvgIpc) is 2.55. The molecule has 0 spiro atoms. The Morgan fingerprint density at radius 3 is 2.29 bits per heavy atom. The van der Waals surface area contributed by atoms with Crippen LogP contribution in [-0.2, 0) is 9.84 Å². The molecule has 2 rings (SSSR count). The Kier molecular flexibility index (Phi) is 6.50. The van der Waals surface area contributed by atoms with E-state index in [1.54, 1.807) is 20.9 Å². The molecule has 2 aliphatic rings. The van der Waals surface area contributed by atoms with Crippen molar-refractivity contribution in [2.45, 2.75) is 25.5 Å². The molecule has 2 saturated heterocycles. The highest BCUT2D eigenvalue weighted by atomic mass is 32.2. The van der Waals surface area contributed by atoms with E-state index in [1.165, 1.54) is 0 Å². The van der Waals surface area contributed by atoms with Crippen molar-refractivity contribution in [3.8, 4) is 0 Å². The zero-order valence-corrected chi connectivity index (χ0v) is 16.4. The van der Waals surface area contributed by atoms with Crippen LogP contribution in [0.3, 0.4) is 0 Å². The Morgan fingerprint density at radius 2 is 1.75 bits per heavy atom. The number of hydrogen-bond donors (Lipinski definition) is 1. The number of nitrogens with zero attached hydrogens (tertiary/aromatic N) is 4. The van der Waals surface area contributed by atoms with Gasteiger partial charge in [0.25, 0.3) is 0 Å². The van der Waals surface area contributed by atoms with Crippen LogP contribution in [0.2, 0.25) is 0 Å². The van der Waals surface area contributed by atoms with E-state index in [1.807, 2.05) is 0 Å². The van der Waals surface area contributed by atoms with Gasteiger partial charge in [-0.25, -0.2) is 8.42 Å². The maximum absolute atomic E-state index is 12.1. The van der Waals surface area contributed by atoms with Crippen molar-refractivity contribution < 1.29 is 8.42 Å². The molecular formula is C16H33N5O2S. The lowest BCUT2D eigenvalue weighted by Gasteiger charge is -2.39. The first-order valence-corrected chi connectivity index (χ1v) is 10.6. The van der Waals surface area contributed by atoms with Gasteiger partial charge in [-0.05, 0) is 20.4 Å². The fourth-order valence-corrected chi connectivity index (χ4v) is 4.68. The molecule has 0 bridgehead atoms. The second-order valence-electron chi connectivity index (χ2n) is 7.25. The highest BCUT2D eigenvalue weighted by Crippen LogP contribution is 2.23. The van der Waals surface area contributed by atoms with Gasteiger partial charge in [-0.1, -0.05) is 6.92 Å². The molecule has 0 amide bonds. The molecule has 140 valence electrons. The fraction of sp³-hybridized carbons (Fsp3) is 0.938. The Morgan fingerprint density at radius 1 is 1.12 bits per heavy atom. The number of hydrogen-bond acceptors (Lipinski definition) is 5. The van der Waals surface area contributed by atoms with Gasteiger partial charge in [-0.3, -0.25) is 9.89 Å². The number of sulfone groups is 1. The molecule has 0 atom stereocenters. The standard InChI is InChI=1S/C16H33N5O2S/c1-5-19-8-10-20(11-9-19)7-6-18-15(17-4)21-12-13-24(22,23)16(2,3)14-21/h5-14H2,1-4H3,(H,17,18). The number of aliphatic imine (C=N–C) groups is 1. The van der Waals surface area contributed by atoms with Gasteiger partial charge in [0.2, 0.25) is 0 Å². The first kappa shape index (κ1) is 19.5. The van der Waals surface area contributed by atoms with Gasteiger partial charge in [0.1, 0.15) is 0 Å². The van der Waals surface area contributed by atoms with Crippen molar-refractivity contribution in [3.05, 3.63) is 0 Å². The number of nitrogens with one attached hydrogen (secondary N) is 1. The van der Waals surface area contributed by atoms with E-state index in [0.29, 0.717) is 13.1 Å². The zero-order chi connectivity index (χ0) is 17.8. The maximum Gasteiger partial charge on any atom is 0.193 e. The second-order valence-corrected chi connectivity index (χ2v) is 9.99. The van der Waals surface area contributed by atoms with E-state index in [4.69, 9.17) is 0 Å². The summed E-state index contributed by atoms with van der Waals surface area (Å²) in [6, 6.07) is 0. The smallest absolute Gasteiger partial charge is 0.193 e. The quantitative estimate of drug-likeness (QED) is 0.549. The van der Waals surface area contributed by atoms with Gasteiger partial charge in [-0.2, -0.15) is 0 Å². The number of likely N-dealkylation sites (N-methyl/N-ethyl adjacent to an activating group) is 1. The molecule has 0 aromatic carbocycles. The fourth-order valence-electron chi connectivity index (χ4n) is 3.31. The van der Waals surface area contributed by atoms with Crippen LogP contribution in [0.4, 0.5) is 0 Å². The van der Waals surface area contributed by atoms with Crippen LogP contribution in [0.25, 0.3) is 0 Å². The minimum Gasteiger partial charge on any atom is -0.355 e. The number of rotatable bonds is 4. The van der Waals surface area contributed by atoms with E-state index < -0.39 is 14.6 Å². The molecule has 8 heteroatoms. The average molecular weight is 360 g/mol. The highest BCUT2D eigenvalue weighted by Gasteiger charge is 2.40. The van der Waals surface area contributed by atoms with Crippen molar-refractivity contribution in [2.24, 2.45) is 4.99 Å². The summed E-state index contributed by atoms with van der Waals surface area (Å²) in [7, 11) is -1.26. The van der Waals surface area contributed by atoms with Crippen LogP contribution in [0.15, 0.2) is 4.99 Å². The van der Waals surface area contributed by atoms with Crippen LogP contribution in [0, 0.1) is 0 Å². The van der Waals surface area contributed by atoms with Crippen molar-refractivity contribution in [1.29, 1.82) is 0 Å². The third-order valence-corrected chi connectivity index (χ3v) is 7.71. The third-order valence-electron chi connectivity index (χ3n) is 5.18. The minimum atomic E-state index is -3.02. The van der Waals surface area contributed by atoms with Crippen molar-refractivity contribution >= 4 is 15.8 Å². The molecule has 2 fully saturated rings. The largest absolute Gasteiger partial charge is 0.355 e. The predicted molar refractivity (Wildman–Crippen MR) is 99.4 cm³/mol. The summed E-state index contributed by atoms with van der Waals surface area (Å²) in [5, 5.41) is 3.40. The normalized spacial score (nSPS) is 25.7. The molecule has 1 N–H and O–H groups in total. The van der Waals surface area contributed by atoms with E-state index in [-0.39, 0.29) is 5.75 Å². The molecular weight excluding hydrogens is 326 g/mol. The molecule has 0 unspecified atom stereocenters. The monoisotopic (exact) mass is 359 g/mol. The SMILES string of the molecule is CCN1CCN(CCNC(=NC)N2CCS(=O)(=O)C(C)(C)C2)CC1. The summed E-state index contributed by atoms with van der Waals surface area (Å²) in [5.74, 6) is 1.00. The lowest BCUT2D eigenvalue weighted by Crippen LogP contribution is -2.57. The first-order chi connectivity index (χ1) is 11.3. The Labute approximate surface area is 147 Å². The van der Waals surface area contributed by atoms with Crippen molar-refractivity contribution in [3.63, 3.8) is 0 Å². The van der Waals surface area contributed by atoms with Crippen LogP contribution >= 0.6 is 0 Å². The van der Waals surface area contributed by atoms with Gasteiger partial charge in [0.15, 0.2) is 15.8 Å². The summed E-state index contributed by atoms with van der Waals surface area (Å²) >= 11 is 0. The molecule has 2 aliphatic heterocycles. The van der Waals surface area contributed by atoms with Gasteiger partial charge in [0, 0.05) is 59.4 Å². The van der Waals surface area contributed by atoms with Crippen LogP contribution in [0.5, 0.6) is 0 Å². The predicted octanol–water partition coefficient (Wildman–Crippen LogP) is -0.292. The Balaban J connectivity index is 1.79. The Hall–Kier alpha value is -0.860. The molecule has 7 nitrogen and oxygen atoms in total. The second kappa shape index (κ2) is 8.01. The Bertz CT molecular complexity index is 539. The number of piperazine rings is 1. The molecule has 0 aromatic heterocycles. The molecule has 24 heavy (non-hydrogen) atoms. The lowest BCUT2D eigenvalue weighted by atomic mass is 10.2. The van der Waals surface area contributed by atoms with Gasteiger partial charge < -0.3 is 15.1 Å². The summed E-state index contributed by atoms with van der Waals surface area (Å²) in [5.41, 5.74) is 0. The van der Waals surface area contributed by atoms with E-state index in [2.05, 4.69) is 31.9 Å². The van der Waals surface area contributed by atoms with Gasteiger partial charge in [-0.15, -0.1) is 0 Å². The van der Waals surface area contributed by atoms with Crippen molar-refractivity contribution in [1.82, 2.24) is 20.0 Å². The summed E-state index contributed by atoms with van der Waals surface area (Å²) in [6.45, 7) is 14.3. The minimum absolute atomic E-state index is 0.194. The molecule has 0 saturated carbocycles. The summed E-state index contributed by atoms with van der Waals surface area (Å²) in [4.78, 5) is 11.3. The van der Waals surface area contributed by atoms with Gasteiger partial charge >= 0.3 is 0 Å². The maximum atomic E-state index is 12.1. The third kappa shape index (κ3) is 4.61. The highest BCUT2D eigenvalue weighted by molar-refractivity contribution is 7.92. The summed E-state index contributed by atoms with van der Waals surface area (Å²) in [6.07, 6.45) is 0. The van der Waals surface area contributed by atoms with Gasteiger partial charge in [0.05, 0.1) is 10.5 Å². The van der Waals surface area contributed by atoms with E-state index >= 15 is 0 Å². The molecule has 0 aromatic rings. The lowest BCUT2D eigenvalue weighted by molar-refractivity contribution is 0.139. The topological polar surface area (TPSA) is 68.2 Å². The van der Waals surface area contributed by atoms with Crippen LogP contribution in [-0.4, -0.2) is 106 Å².